The number of hydrogen-bond donors (Lipinski definition) is 0. The molecule has 0 bridgehead atoms. The molecule has 1 aliphatic heterocycles. The molecule has 1 fully saturated rings. The number of allylic oxidation sites excluding steroid dienone is 1. The maximum absolute atomic E-state index is 13.0. The standard InChI is InChI=1S/C23H29N5O2/c1-17-10-7-8-14-27(17)16-19-24-21-20(22(29)26(3)23(30)25(21)2)28(19)15-9-13-18-11-5-4-6-12-18/h4-6,9,11-13,17H,7-8,10,14-16H2,1-3H3/b13-9+/t17-/m0/s1. The molecule has 0 unspecified atom stereocenters. The molecule has 7 heteroatoms. The second-order valence-electron chi connectivity index (χ2n) is 8.14. The van der Waals surface area contributed by atoms with Crippen LogP contribution in [0, 0.1) is 0 Å². The first-order valence-electron chi connectivity index (χ1n) is 10.6. The highest BCUT2D eigenvalue weighted by atomic mass is 16.2. The fraction of sp³-hybridized carbons (Fsp3) is 0.435. The molecule has 30 heavy (non-hydrogen) atoms. The van der Waals surface area contributed by atoms with Crippen LogP contribution in [0.2, 0.25) is 0 Å². The van der Waals surface area contributed by atoms with Crippen molar-refractivity contribution >= 4 is 17.2 Å². The van der Waals surface area contributed by atoms with Gasteiger partial charge in [-0.05, 0) is 31.9 Å². The van der Waals surface area contributed by atoms with Gasteiger partial charge in [-0.25, -0.2) is 9.78 Å². The van der Waals surface area contributed by atoms with Crippen molar-refractivity contribution in [2.75, 3.05) is 6.54 Å². The summed E-state index contributed by atoms with van der Waals surface area (Å²) in [6.07, 6.45) is 7.70. The van der Waals surface area contributed by atoms with Crippen molar-refractivity contribution in [2.45, 2.75) is 45.3 Å². The number of likely N-dealkylation sites (tertiary alicyclic amines) is 1. The lowest BCUT2D eigenvalue weighted by Gasteiger charge is -2.32. The van der Waals surface area contributed by atoms with Gasteiger partial charge < -0.3 is 4.57 Å². The van der Waals surface area contributed by atoms with Crippen molar-refractivity contribution in [3.63, 3.8) is 0 Å². The van der Waals surface area contributed by atoms with Gasteiger partial charge in [-0.15, -0.1) is 0 Å². The summed E-state index contributed by atoms with van der Waals surface area (Å²) in [5.41, 5.74) is 1.39. The molecule has 1 aromatic carbocycles. The Morgan fingerprint density at radius 3 is 2.60 bits per heavy atom. The van der Waals surface area contributed by atoms with E-state index in [2.05, 4.69) is 11.8 Å². The normalized spacial score (nSPS) is 17.9. The van der Waals surface area contributed by atoms with Crippen LogP contribution in [0.3, 0.4) is 0 Å². The molecule has 158 valence electrons. The summed E-state index contributed by atoms with van der Waals surface area (Å²) in [6, 6.07) is 10.6. The van der Waals surface area contributed by atoms with Crippen LogP contribution in [0.4, 0.5) is 0 Å². The van der Waals surface area contributed by atoms with Gasteiger partial charge in [-0.2, -0.15) is 0 Å². The molecule has 0 N–H and O–H groups in total. The average Bonchev–Trinajstić information content (AvgIpc) is 3.11. The van der Waals surface area contributed by atoms with E-state index in [0.29, 0.717) is 30.3 Å². The van der Waals surface area contributed by atoms with E-state index in [4.69, 9.17) is 4.98 Å². The van der Waals surface area contributed by atoms with E-state index in [1.807, 2.05) is 47.1 Å². The van der Waals surface area contributed by atoms with Gasteiger partial charge in [-0.1, -0.05) is 48.9 Å². The van der Waals surface area contributed by atoms with E-state index >= 15 is 0 Å². The largest absolute Gasteiger partial charge is 0.332 e. The zero-order chi connectivity index (χ0) is 21.3. The van der Waals surface area contributed by atoms with Crippen molar-refractivity contribution in [3.8, 4) is 0 Å². The first kappa shape index (κ1) is 20.3. The Balaban J connectivity index is 1.78. The van der Waals surface area contributed by atoms with Gasteiger partial charge in [0, 0.05) is 26.7 Å². The lowest BCUT2D eigenvalue weighted by Crippen LogP contribution is -2.38. The Morgan fingerprint density at radius 2 is 1.87 bits per heavy atom. The average molecular weight is 408 g/mol. The smallest absolute Gasteiger partial charge is 0.317 e. The van der Waals surface area contributed by atoms with Gasteiger partial charge >= 0.3 is 5.69 Å². The van der Waals surface area contributed by atoms with E-state index in [9.17, 15) is 9.59 Å². The monoisotopic (exact) mass is 407 g/mol. The molecule has 0 radical (unpaired) electrons. The number of rotatable bonds is 5. The number of aromatic nitrogens is 4. The Kier molecular flexibility index (Phi) is 5.72. The van der Waals surface area contributed by atoms with E-state index in [-0.39, 0.29) is 11.2 Å². The number of benzene rings is 1. The Morgan fingerprint density at radius 1 is 1.10 bits per heavy atom. The molecule has 0 amide bonds. The van der Waals surface area contributed by atoms with Crippen LogP contribution in [-0.4, -0.2) is 36.2 Å². The van der Waals surface area contributed by atoms with Crippen molar-refractivity contribution in [2.24, 2.45) is 14.1 Å². The van der Waals surface area contributed by atoms with E-state index in [1.165, 1.54) is 30.9 Å². The maximum atomic E-state index is 13.0. The second kappa shape index (κ2) is 8.44. The number of aryl methyl sites for hydroxylation is 1. The topological polar surface area (TPSA) is 65.1 Å². The van der Waals surface area contributed by atoms with Crippen molar-refractivity contribution in [1.82, 2.24) is 23.6 Å². The lowest BCUT2D eigenvalue weighted by atomic mass is 10.0. The van der Waals surface area contributed by atoms with Crippen LogP contribution in [0.15, 0.2) is 46.0 Å². The molecule has 2 aromatic heterocycles. The maximum Gasteiger partial charge on any atom is 0.332 e. The first-order valence-corrected chi connectivity index (χ1v) is 10.6. The minimum absolute atomic E-state index is 0.299. The van der Waals surface area contributed by atoms with Gasteiger partial charge in [0.25, 0.3) is 5.56 Å². The van der Waals surface area contributed by atoms with Crippen LogP contribution in [0.5, 0.6) is 0 Å². The highest BCUT2D eigenvalue weighted by Gasteiger charge is 2.23. The summed E-state index contributed by atoms with van der Waals surface area (Å²) < 4.78 is 4.60. The molecular formula is C23H29N5O2. The summed E-state index contributed by atoms with van der Waals surface area (Å²) in [7, 11) is 3.20. The quantitative estimate of drug-likeness (QED) is 0.652. The molecule has 0 aliphatic carbocycles. The van der Waals surface area contributed by atoms with Crippen LogP contribution < -0.4 is 11.2 Å². The number of piperidine rings is 1. The highest BCUT2D eigenvalue weighted by Crippen LogP contribution is 2.21. The molecule has 1 saturated heterocycles. The molecule has 4 rings (SSSR count). The van der Waals surface area contributed by atoms with Crippen molar-refractivity contribution < 1.29 is 0 Å². The zero-order valence-electron chi connectivity index (χ0n) is 17.9. The Bertz CT molecular complexity index is 1190. The highest BCUT2D eigenvalue weighted by molar-refractivity contribution is 5.71. The Hall–Kier alpha value is -2.93. The number of imidazole rings is 1. The summed E-state index contributed by atoms with van der Waals surface area (Å²) in [5.74, 6) is 0.828. The molecule has 7 nitrogen and oxygen atoms in total. The first-order chi connectivity index (χ1) is 14.5. The van der Waals surface area contributed by atoms with E-state index in [1.54, 1.807) is 7.05 Å². The third kappa shape index (κ3) is 3.77. The van der Waals surface area contributed by atoms with Gasteiger partial charge in [0.05, 0.1) is 6.54 Å². The molecule has 1 atom stereocenters. The second-order valence-corrected chi connectivity index (χ2v) is 8.14. The van der Waals surface area contributed by atoms with Crippen LogP contribution in [0.1, 0.15) is 37.6 Å². The van der Waals surface area contributed by atoms with Crippen LogP contribution in [0.25, 0.3) is 17.2 Å². The van der Waals surface area contributed by atoms with E-state index in [0.717, 1.165) is 22.5 Å². The third-order valence-electron chi connectivity index (χ3n) is 6.11. The minimum Gasteiger partial charge on any atom is -0.317 e. The SMILES string of the molecule is C[C@H]1CCCCN1Cc1nc2c(c(=O)n(C)c(=O)n2C)n1C/C=C/c1ccccc1. The zero-order valence-corrected chi connectivity index (χ0v) is 17.9. The van der Waals surface area contributed by atoms with Crippen molar-refractivity contribution in [3.05, 3.63) is 68.6 Å². The predicted molar refractivity (Wildman–Crippen MR) is 119 cm³/mol. The minimum atomic E-state index is -0.352. The number of nitrogens with zero attached hydrogens (tertiary/aromatic N) is 5. The fourth-order valence-corrected chi connectivity index (χ4v) is 4.24. The van der Waals surface area contributed by atoms with Crippen molar-refractivity contribution in [1.29, 1.82) is 0 Å². The number of fused-ring (bicyclic) bond motifs is 1. The molecule has 1 aliphatic rings. The Labute approximate surface area is 175 Å². The van der Waals surface area contributed by atoms with E-state index < -0.39 is 0 Å². The molecular weight excluding hydrogens is 378 g/mol. The van der Waals surface area contributed by atoms with Crippen LogP contribution in [-0.2, 0) is 27.2 Å². The predicted octanol–water partition coefficient (Wildman–Crippen LogP) is 2.52. The van der Waals surface area contributed by atoms with Gasteiger partial charge in [0.15, 0.2) is 11.2 Å². The molecule has 0 spiro atoms. The fourth-order valence-electron chi connectivity index (χ4n) is 4.24. The summed E-state index contributed by atoms with van der Waals surface area (Å²) in [5, 5.41) is 0. The summed E-state index contributed by atoms with van der Waals surface area (Å²) in [4.78, 5) is 32.6. The lowest BCUT2D eigenvalue weighted by molar-refractivity contribution is 0.147. The summed E-state index contributed by atoms with van der Waals surface area (Å²) >= 11 is 0. The molecule has 3 aromatic rings. The van der Waals surface area contributed by atoms with Gasteiger partial charge in [0.1, 0.15) is 5.82 Å². The number of hydrogen-bond acceptors (Lipinski definition) is 4. The van der Waals surface area contributed by atoms with Gasteiger partial charge in [-0.3, -0.25) is 18.8 Å². The van der Waals surface area contributed by atoms with Crippen LogP contribution >= 0.6 is 0 Å². The molecule has 3 heterocycles. The molecule has 0 saturated carbocycles. The summed E-state index contributed by atoms with van der Waals surface area (Å²) in [6.45, 7) is 4.47. The van der Waals surface area contributed by atoms with Gasteiger partial charge in [0.2, 0.25) is 0 Å². The third-order valence-corrected chi connectivity index (χ3v) is 6.11.